The number of hydrogen-bond donors (Lipinski definition) is 0. The van der Waals surface area contributed by atoms with Gasteiger partial charge in [0.25, 0.3) is 0 Å². The van der Waals surface area contributed by atoms with Gasteiger partial charge in [-0.1, -0.05) is 0 Å². The SMILES string of the molecule is CC(Cn1c(CCCl)nc2cc(Br)cnc21)N1CCCC1. The minimum Gasteiger partial charge on any atom is -0.311 e. The van der Waals surface area contributed by atoms with Gasteiger partial charge in [0.1, 0.15) is 11.3 Å². The zero-order valence-corrected chi connectivity index (χ0v) is 14.6. The second kappa shape index (κ2) is 6.63. The standard InChI is InChI=1S/C15H20BrClN4/c1-11(20-6-2-3-7-20)10-21-14(4-5-17)19-13-8-12(16)9-18-15(13)21/h8-9,11H,2-7,10H2,1H3. The van der Waals surface area contributed by atoms with Gasteiger partial charge < -0.3 is 4.57 Å². The first-order chi connectivity index (χ1) is 10.2. The number of nitrogens with zero attached hydrogens (tertiary/aromatic N) is 4. The topological polar surface area (TPSA) is 34.0 Å². The fourth-order valence-corrected chi connectivity index (χ4v) is 3.55. The third kappa shape index (κ3) is 3.25. The first-order valence-corrected chi connectivity index (χ1v) is 8.82. The lowest BCUT2D eigenvalue weighted by Crippen LogP contribution is -2.34. The Morgan fingerprint density at radius 1 is 1.38 bits per heavy atom. The van der Waals surface area contributed by atoms with Gasteiger partial charge in [-0.2, -0.15) is 0 Å². The molecule has 3 rings (SSSR count). The summed E-state index contributed by atoms with van der Waals surface area (Å²) in [7, 11) is 0. The first-order valence-electron chi connectivity index (χ1n) is 7.49. The highest BCUT2D eigenvalue weighted by atomic mass is 79.9. The number of pyridine rings is 1. The van der Waals surface area contributed by atoms with Crippen LogP contribution in [-0.2, 0) is 13.0 Å². The Balaban J connectivity index is 1.92. The van der Waals surface area contributed by atoms with Crippen LogP contribution in [0.25, 0.3) is 11.2 Å². The summed E-state index contributed by atoms with van der Waals surface area (Å²) in [5.41, 5.74) is 1.91. The predicted molar refractivity (Wildman–Crippen MR) is 89.9 cm³/mol. The van der Waals surface area contributed by atoms with Crippen LogP contribution in [0.4, 0.5) is 0 Å². The molecule has 1 atom stereocenters. The fraction of sp³-hybridized carbons (Fsp3) is 0.600. The lowest BCUT2D eigenvalue weighted by Gasteiger charge is -2.24. The van der Waals surface area contributed by atoms with Gasteiger partial charge in [-0.3, -0.25) is 4.90 Å². The maximum absolute atomic E-state index is 5.94. The smallest absolute Gasteiger partial charge is 0.160 e. The molecule has 4 nitrogen and oxygen atoms in total. The molecule has 0 saturated carbocycles. The number of likely N-dealkylation sites (tertiary alicyclic amines) is 1. The second-order valence-electron chi connectivity index (χ2n) is 5.67. The Kier molecular flexibility index (Phi) is 4.82. The number of rotatable bonds is 5. The molecule has 0 aromatic carbocycles. The number of aromatic nitrogens is 3. The van der Waals surface area contributed by atoms with E-state index in [1.807, 2.05) is 12.3 Å². The minimum absolute atomic E-state index is 0.504. The first kappa shape index (κ1) is 15.3. The maximum Gasteiger partial charge on any atom is 0.160 e. The molecule has 6 heteroatoms. The zero-order chi connectivity index (χ0) is 14.8. The average Bonchev–Trinajstić information content (AvgIpc) is 3.08. The molecule has 3 heterocycles. The van der Waals surface area contributed by atoms with E-state index < -0.39 is 0 Å². The van der Waals surface area contributed by atoms with Crippen LogP contribution in [0.3, 0.4) is 0 Å². The third-order valence-corrected chi connectivity index (χ3v) is 4.78. The number of alkyl halides is 1. The largest absolute Gasteiger partial charge is 0.311 e. The quantitative estimate of drug-likeness (QED) is 0.755. The molecule has 1 aliphatic rings. The van der Waals surface area contributed by atoms with Crippen molar-refractivity contribution < 1.29 is 0 Å². The number of imidazole rings is 1. The maximum atomic E-state index is 5.94. The summed E-state index contributed by atoms with van der Waals surface area (Å²) in [6.45, 7) is 5.63. The molecule has 0 amide bonds. The minimum atomic E-state index is 0.504. The summed E-state index contributed by atoms with van der Waals surface area (Å²) in [5, 5.41) is 0. The predicted octanol–water partition coefficient (Wildman–Crippen LogP) is 3.46. The molecule has 2 aromatic heterocycles. The van der Waals surface area contributed by atoms with E-state index in [1.54, 1.807) is 0 Å². The summed E-state index contributed by atoms with van der Waals surface area (Å²) in [4.78, 5) is 11.8. The van der Waals surface area contributed by atoms with Gasteiger partial charge in [0.15, 0.2) is 5.65 Å². The van der Waals surface area contributed by atoms with E-state index in [0.29, 0.717) is 11.9 Å². The average molecular weight is 372 g/mol. The molecule has 114 valence electrons. The summed E-state index contributed by atoms with van der Waals surface area (Å²) in [6, 6.07) is 2.53. The molecule has 1 saturated heterocycles. The van der Waals surface area contributed by atoms with Gasteiger partial charge in [-0.05, 0) is 54.9 Å². The van der Waals surface area contributed by atoms with Crippen molar-refractivity contribution in [3.05, 3.63) is 22.6 Å². The van der Waals surface area contributed by atoms with Crippen molar-refractivity contribution in [3.8, 4) is 0 Å². The van der Waals surface area contributed by atoms with Crippen molar-refractivity contribution >= 4 is 38.7 Å². The van der Waals surface area contributed by atoms with Crippen LogP contribution in [0.15, 0.2) is 16.7 Å². The lowest BCUT2D eigenvalue weighted by atomic mass is 10.3. The van der Waals surface area contributed by atoms with Crippen LogP contribution in [0, 0.1) is 0 Å². The van der Waals surface area contributed by atoms with Gasteiger partial charge in [0.2, 0.25) is 0 Å². The van der Waals surface area contributed by atoms with Crippen molar-refractivity contribution in [2.75, 3.05) is 19.0 Å². The summed E-state index contributed by atoms with van der Waals surface area (Å²) in [5.74, 6) is 1.62. The van der Waals surface area contributed by atoms with E-state index in [-0.39, 0.29) is 0 Å². The molecule has 0 radical (unpaired) electrons. The van der Waals surface area contributed by atoms with Crippen LogP contribution in [0.1, 0.15) is 25.6 Å². The Labute approximate surface area is 138 Å². The van der Waals surface area contributed by atoms with Gasteiger partial charge in [-0.15, -0.1) is 11.6 Å². The Hall–Kier alpha value is -0.650. The van der Waals surface area contributed by atoms with Crippen molar-refractivity contribution in [2.45, 2.75) is 38.8 Å². The molecule has 0 bridgehead atoms. The van der Waals surface area contributed by atoms with E-state index in [2.05, 4.69) is 37.3 Å². The zero-order valence-electron chi connectivity index (χ0n) is 12.2. The summed E-state index contributed by atoms with van der Waals surface area (Å²) >= 11 is 9.40. The van der Waals surface area contributed by atoms with Crippen molar-refractivity contribution in [2.24, 2.45) is 0 Å². The Bertz CT molecular complexity index is 621. The van der Waals surface area contributed by atoms with Gasteiger partial charge in [0, 0.05) is 35.6 Å². The number of hydrogen-bond acceptors (Lipinski definition) is 3. The van der Waals surface area contributed by atoms with Gasteiger partial charge in [0.05, 0.1) is 0 Å². The Morgan fingerprint density at radius 2 is 2.14 bits per heavy atom. The Morgan fingerprint density at radius 3 is 2.86 bits per heavy atom. The summed E-state index contributed by atoms with van der Waals surface area (Å²) < 4.78 is 3.21. The van der Waals surface area contributed by atoms with Crippen LogP contribution in [-0.4, -0.2) is 44.4 Å². The lowest BCUT2D eigenvalue weighted by molar-refractivity contribution is 0.235. The molecule has 1 unspecified atom stereocenters. The normalized spacial score (nSPS) is 17.7. The second-order valence-corrected chi connectivity index (χ2v) is 6.96. The fourth-order valence-electron chi connectivity index (χ4n) is 3.06. The van der Waals surface area contributed by atoms with Crippen LogP contribution in [0.2, 0.25) is 0 Å². The van der Waals surface area contributed by atoms with E-state index >= 15 is 0 Å². The molecular formula is C15H20BrClN4. The monoisotopic (exact) mass is 370 g/mol. The van der Waals surface area contributed by atoms with Gasteiger partial charge in [-0.25, -0.2) is 9.97 Å². The summed E-state index contributed by atoms with van der Waals surface area (Å²) in [6.07, 6.45) is 5.25. The molecule has 21 heavy (non-hydrogen) atoms. The van der Waals surface area contributed by atoms with Crippen LogP contribution < -0.4 is 0 Å². The highest BCUT2D eigenvalue weighted by Gasteiger charge is 2.21. The van der Waals surface area contributed by atoms with E-state index in [4.69, 9.17) is 16.6 Å². The van der Waals surface area contributed by atoms with Crippen LogP contribution >= 0.6 is 27.5 Å². The number of fused-ring (bicyclic) bond motifs is 1. The van der Waals surface area contributed by atoms with Crippen molar-refractivity contribution in [1.29, 1.82) is 0 Å². The van der Waals surface area contributed by atoms with Crippen molar-refractivity contribution in [3.63, 3.8) is 0 Å². The third-order valence-electron chi connectivity index (χ3n) is 4.16. The number of halogens is 2. The molecule has 0 aliphatic carbocycles. The highest BCUT2D eigenvalue weighted by Crippen LogP contribution is 2.21. The van der Waals surface area contributed by atoms with Gasteiger partial charge >= 0.3 is 0 Å². The van der Waals surface area contributed by atoms with Crippen LogP contribution in [0.5, 0.6) is 0 Å². The molecule has 1 aliphatic heterocycles. The van der Waals surface area contributed by atoms with E-state index in [9.17, 15) is 0 Å². The highest BCUT2D eigenvalue weighted by molar-refractivity contribution is 9.10. The molecule has 1 fully saturated rings. The molecule has 0 N–H and O–H groups in total. The van der Waals surface area contributed by atoms with E-state index in [0.717, 1.165) is 34.4 Å². The molecule has 0 spiro atoms. The van der Waals surface area contributed by atoms with E-state index in [1.165, 1.54) is 25.9 Å². The van der Waals surface area contributed by atoms with Crippen molar-refractivity contribution in [1.82, 2.24) is 19.4 Å². The molecule has 2 aromatic rings. The molecular weight excluding hydrogens is 352 g/mol. The number of aryl methyl sites for hydroxylation is 1.